The van der Waals surface area contributed by atoms with Crippen LogP contribution in [-0.4, -0.2) is 32.6 Å². The Hall–Kier alpha value is -3.25. The smallest absolute Gasteiger partial charge is 0.246 e. The van der Waals surface area contributed by atoms with Crippen LogP contribution in [-0.2, 0) is 11.3 Å². The van der Waals surface area contributed by atoms with Crippen LogP contribution in [0.2, 0.25) is 0 Å². The molecule has 6 heteroatoms. The second kappa shape index (κ2) is 8.01. The van der Waals surface area contributed by atoms with E-state index in [2.05, 4.69) is 10.1 Å². The molecule has 4 rings (SSSR count). The monoisotopic (exact) mass is 402 g/mol. The van der Waals surface area contributed by atoms with Gasteiger partial charge in [0.15, 0.2) is 0 Å². The molecule has 0 bridgehead atoms. The molecule has 5 nitrogen and oxygen atoms in total. The second-order valence-corrected chi connectivity index (χ2v) is 8.05. The maximum absolute atomic E-state index is 12.6. The van der Waals surface area contributed by atoms with Gasteiger partial charge in [0, 0.05) is 24.4 Å². The summed E-state index contributed by atoms with van der Waals surface area (Å²) in [5.41, 5.74) is 4.85. The lowest BCUT2D eigenvalue weighted by Crippen LogP contribution is -2.24. The average Bonchev–Trinajstić information content (AvgIpc) is 3.26. The Labute approximate surface area is 173 Å². The molecule has 0 atom stereocenters. The summed E-state index contributed by atoms with van der Waals surface area (Å²) < 4.78 is 3.04. The Bertz CT molecular complexity index is 1160. The minimum Gasteiger partial charge on any atom is -0.335 e. The fourth-order valence-corrected chi connectivity index (χ4v) is 4.29. The van der Waals surface area contributed by atoms with Gasteiger partial charge >= 0.3 is 0 Å². The molecule has 0 saturated carbocycles. The Morgan fingerprint density at radius 2 is 1.83 bits per heavy atom. The molecule has 4 aromatic rings. The van der Waals surface area contributed by atoms with Crippen molar-refractivity contribution >= 4 is 33.5 Å². The lowest BCUT2D eigenvalue weighted by Gasteiger charge is -2.12. The maximum Gasteiger partial charge on any atom is 0.246 e. The van der Waals surface area contributed by atoms with E-state index in [-0.39, 0.29) is 5.91 Å². The van der Waals surface area contributed by atoms with E-state index < -0.39 is 0 Å². The maximum atomic E-state index is 12.6. The molecule has 0 unspecified atom stereocenters. The molecule has 0 aliphatic carbocycles. The zero-order valence-corrected chi connectivity index (χ0v) is 17.5. The van der Waals surface area contributed by atoms with Crippen LogP contribution in [0.25, 0.3) is 22.0 Å². The van der Waals surface area contributed by atoms with Crippen LogP contribution in [0.3, 0.4) is 0 Å². The number of hydrogen-bond acceptors (Lipinski definition) is 4. The molecular weight excluding hydrogens is 380 g/mol. The van der Waals surface area contributed by atoms with E-state index in [4.69, 9.17) is 0 Å². The van der Waals surface area contributed by atoms with E-state index in [1.54, 1.807) is 29.4 Å². The number of aromatic nitrogens is 3. The predicted octanol–water partition coefficient (Wildman–Crippen LogP) is 4.77. The van der Waals surface area contributed by atoms with Crippen molar-refractivity contribution in [2.45, 2.75) is 20.4 Å². The van der Waals surface area contributed by atoms with Crippen molar-refractivity contribution in [3.05, 3.63) is 82.6 Å². The lowest BCUT2D eigenvalue weighted by molar-refractivity contribution is -0.125. The lowest BCUT2D eigenvalue weighted by atomic mass is 10.2. The largest absolute Gasteiger partial charge is 0.335 e. The number of carbonyl (C=O) groups is 1. The van der Waals surface area contributed by atoms with Gasteiger partial charge in [-0.25, -0.2) is 9.67 Å². The molecule has 0 aliphatic heterocycles. The molecule has 146 valence electrons. The van der Waals surface area contributed by atoms with Gasteiger partial charge in [0.05, 0.1) is 28.1 Å². The molecule has 0 N–H and O–H groups in total. The summed E-state index contributed by atoms with van der Waals surface area (Å²) in [4.78, 5) is 18.9. The van der Waals surface area contributed by atoms with Crippen LogP contribution < -0.4 is 0 Å². The minimum atomic E-state index is -0.0597. The van der Waals surface area contributed by atoms with Crippen molar-refractivity contribution in [2.75, 3.05) is 7.05 Å². The van der Waals surface area contributed by atoms with Gasteiger partial charge in [0.2, 0.25) is 5.91 Å². The fourth-order valence-electron chi connectivity index (χ4n) is 3.27. The van der Waals surface area contributed by atoms with E-state index in [9.17, 15) is 4.79 Å². The number of nitrogens with zero attached hydrogens (tertiary/aromatic N) is 4. The molecule has 0 aliphatic rings. The Balaban J connectivity index is 1.50. The summed E-state index contributed by atoms with van der Waals surface area (Å²) in [5, 5.41) is 5.56. The van der Waals surface area contributed by atoms with Crippen molar-refractivity contribution in [3.63, 3.8) is 0 Å². The normalized spacial score (nSPS) is 11.4. The van der Waals surface area contributed by atoms with Gasteiger partial charge in [0.1, 0.15) is 5.01 Å². The van der Waals surface area contributed by atoms with Gasteiger partial charge in [-0.3, -0.25) is 4.79 Å². The summed E-state index contributed by atoms with van der Waals surface area (Å²) in [5.74, 6) is -0.0597. The van der Waals surface area contributed by atoms with Crippen LogP contribution in [0.1, 0.15) is 22.0 Å². The molecule has 1 amide bonds. The number of benzene rings is 2. The molecule has 29 heavy (non-hydrogen) atoms. The molecule has 2 aromatic heterocycles. The predicted molar refractivity (Wildman–Crippen MR) is 118 cm³/mol. The number of hydrogen-bond donors (Lipinski definition) is 0. The standard InChI is InChI=1S/C23H22N4OS/c1-16-19(17(2)27(25-16)18-9-5-4-6-10-18)13-14-23(28)26(3)15-22-24-20-11-7-8-12-21(20)29-22/h4-14H,15H2,1-3H3/b14-13+. The number of likely N-dealkylation sites (N-methyl/N-ethyl adjacent to an activating group) is 1. The topological polar surface area (TPSA) is 51.0 Å². The highest BCUT2D eigenvalue weighted by molar-refractivity contribution is 7.18. The van der Waals surface area contributed by atoms with E-state index in [1.807, 2.05) is 79.2 Å². The summed E-state index contributed by atoms with van der Waals surface area (Å²) in [6, 6.07) is 18.0. The Morgan fingerprint density at radius 1 is 1.10 bits per heavy atom. The first-order valence-electron chi connectivity index (χ1n) is 9.42. The number of para-hydroxylation sites is 2. The molecule has 0 radical (unpaired) electrons. The third kappa shape index (κ3) is 3.98. The van der Waals surface area contributed by atoms with Crippen LogP contribution in [0, 0.1) is 13.8 Å². The SMILES string of the molecule is Cc1nn(-c2ccccc2)c(C)c1/C=C/C(=O)N(C)Cc1nc2ccccc2s1. The van der Waals surface area contributed by atoms with Gasteiger partial charge in [-0.05, 0) is 44.2 Å². The van der Waals surface area contributed by atoms with Crippen LogP contribution in [0.5, 0.6) is 0 Å². The van der Waals surface area contributed by atoms with Gasteiger partial charge in [0.25, 0.3) is 0 Å². The minimum absolute atomic E-state index is 0.0597. The Morgan fingerprint density at radius 3 is 2.59 bits per heavy atom. The fraction of sp³-hybridized carbons (Fsp3) is 0.174. The zero-order valence-electron chi connectivity index (χ0n) is 16.7. The first-order chi connectivity index (χ1) is 14.0. The van der Waals surface area contributed by atoms with Gasteiger partial charge in [-0.2, -0.15) is 5.10 Å². The van der Waals surface area contributed by atoms with E-state index in [0.717, 1.165) is 37.9 Å². The van der Waals surface area contributed by atoms with E-state index >= 15 is 0 Å². The zero-order chi connectivity index (χ0) is 20.4. The van der Waals surface area contributed by atoms with Crippen molar-refractivity contribution in [3.8, 4) is 5.69 Å². The first kappa shape index (κ1) is 19.1. The highest BCUT2D eigenvalue weighted by atomic mass is 32.1. The van der Waals surface area contributed by atoms with Gasteiger partial charge in [-0.15, -0.1) is 11.3 Å². The van der Waals surface area contributed by atoms with Crippen molar-refractivity contribution in [1.29, 1.82) is 0 Å². The summed E-state index contributed by atoms with van der Waals surface area (Å²) >= 11 is 1.62. The summed E-state index contributed by atoms with van der Waals surface area (Å²) in [7, 11) is 1.80. The van der Waals surface area contributed by atoms with E-state index in [0.29, 0.717) is 6.54 Å². The number of rotatable bonds is 5. The third-order valence-electron chi connectivity index (χ3n) is 4.83. The molecule has 0 fully saturated rings. The van der Waals surface area contributed by atoms with Crippen molar-refractivity contribution < 1.29 is 4.79 Å². The number of thiazole rings is 1. The molecule has 0 spiro atoms. The van der Waals surface area contributed by atoms with Crippen LogP contribution in [0.4, 0.5) is 0 Å². The molecular formula is C23H22N4OS. The van der Waals surface area contributed by atoms with Crippen LogP contribution in [0.15, 0.2) is 60.7 Å². The Kier molecular flexibility index (Phi) is 5.27. The van der Waals surface area contributed by atoms with E-state index in [1.165, 1.54) is 0 Å². The van der Waals surface area contributed by atoms with Crippen molar-refractivity contribution in [2.24, 2.45) is 0 Å². The summed E-state index contributed by atoms with van der Waals surface area (Å²) in [6.45, 7) is 4.47. The quantitative estimate of drug-likeness (QED) is 0.452. The second-order valence-electron chi connectivity index (χ2n) is 6.93. The first-order valence-corrected chi connectivity index (χ1v) is 10.2. The van der Waals surface area contributed by atoms with Crippen molar-refractivity contribution in [1.82, 2.24) is 19.7 Å². The highest BCUT2D eigenvalue weighted by Gasteiger charge is 2.13. The van der Waals surface area contributed by atoms with Crippen LogP contribution >= 0.6 is 11.3 Å². The number of amides is 1. The van der Waals surface area contributed by atoms with Gasteiger partial charge < -0.3 is 4.90 Å². The average molecular weight is 403 g/mol. The summed E-state index contributed by atoms with van der Waals surface area (Å²) in [6.07, 6.45) is 3.47. The van der Waals surface area contributed by atoms with Gasteiger partial charge in [-0.1, -0.05) is 30.3 Å². The molecule has 2 heterocycles. The highest BCUT2D eigenvalue weighted by Crippen LogP contribution is 2.23. The molecule has 0 saturated heterocycles. The molecule has 2 aromatic carbocycles. The third-order valence-corrected chi connectivity index (χ3v) is 5.85. The number of fused-ring (bicyclic) bond motifs is 1. The number of carbonyl (C=O) groups excluding carboxylic acids is 1. The number of aryl methyl sites for hydroxylation is 1.